The van der Waals surface area contributed by atoms with Crippen LogP contribution < -0.4 is 4.90 Å². The molecule has 0 unspecified atom stereocenters. The highest BCUT2D eigenvalue weighted by atomic mass is 16.6. The Hall–Kier alpha value is -2.69. The van der Waals surface area contributed by atoms with Crippen LogP contribution in [0.3, 0.4) is 0 Å². The highest BCUT2D eigenvalue weighted by Gasteiger charge is 2.21. The fourth-order valence-electron chi connectivity index (χ4n) is 1.41. The van der Waals surface area contributed by atoms with Gasteiger partial charge in [0.1, 0.15) is 12.6 Å². The van der Waals surface area contributed by atoms with E-state index in [0.717, 1.165) is 6.07 Å². The third-order valence-corrected chi connectivity index (χ3v) is 2.21. The van der Waals surface area contributed by atoms with Crippen molar-refractivity contribution < 1.29 is 14.5 Å². The lowest BCUT2D eigenvalue weighted by molar-refractivity contribution is -0.384. The second kappa shape index (κ2) is 6.30. The Kier molecular flexibility index (Phi) is 4.76. The van der Waals surface area contributed by atoms with Gasteiger partial charge in [0.05, 0.1) is 17.1 Å². The maximum Gasteiger partial charge on any atom is 0.325 e. The smallest absolute Gasteiger partial charge is 0.325 e. The summed E-state index contributed by atoms with van der Waals surface area (Å²) >= 11 is 0. The van der Waals surface area contributed by atoms with Crippen molar-refractivity contribution in [3.8, 4) is 6.07 Å². The number of hydrogen-bond donors (Lipinski definition) is 0. The highest BCUT2D eigenvalue weighted by Crippen LogP contribution is 2.25. The molecule has 1 aromatic heterocycles. The number of anilines is 1. The van der Waals surface area contributed by atoms with Crippen molar-refractivity contribution in [1.82, 2.24) is 4.98 Å². The van der Waals surface area contributed by atoms with Crippen LogP contribution in [0.15, 0.2) is 12.3 Å². The first kappa shape index (κ1) is 14.4. The molecular formula is C11H12N4O4. The quantitative estimate of drug-likeness (QED) is 0.440. The molecule has 0 aliphatic carbocycles. The van der Waals surface area contributed by atoms with Crippen LogP contribution in [0.4, 0.5) is 11.5 Å². The zero-order valence-electron chi connectivity index (χ0n) is 10.5. The SMILES string of the molecule is CCOC(=O)CN(C)c1ncc(C#N)cc1[N+](=O)[O-]. The fraction of sp³-hybridized carbons (Fsp3) is 0.364. The molecule has 0 amide bonds. The Bertz CT molecular complexity index is 538. The molecular weight excluding hydrogens is 252 g/mol. The molecule has 100 valence electrons. The number of carbonyl (C=O) groups is 1. The van der Waals surface area contributed by atoms with Crippen LogP contribution in [-0.2, 0) is 9.53 Å². The van der Waals surface area contributed by atoms with E-state index in [4.69, 9.17) is 10.00 Å². The highest BCUT2D eigenvalue weighted by molar-refractivity contribution is 5.76. The van der Waals surface area contributed by atoms with E-state index in [1.165, 1.54) is 18.1 Å². The van der Waals surface area contributed by atoms with E-state index in [1.54, 1.807) is 13.0 Å². The molecule has 8 nitrogen and oxygen atoms in total. The van der Waals surface area contributed by atoms with E-state index >= 15 is 0 Å². The maximum atomic E-state index is 11.3. The largest absolute Gasteiger partial charge is 0.465 e. The average molecular weight is 264 g/mol. The lowest BCUT2D eigenvalue weighted by Gasteiger charge is -2.16. The molecule has 0 radical (unpaired) electrons. The molecule has 0 saturated carbocycles. The second-order valence-electron chi connectivity index (χ2n) is 3.60. The van der Waals surface area contributed by atoms with E-state index in [1.807, 2.05) is 0 Å². The first-order valence-corrected chi connectivity index (χ1v) is 5.40. The third-order valence-electron chi connectivity index (χ3n) is 2.21. The van der Waals surface area contributed by atoms with E-state index in [9.17, 15) is 14.9 Å². The van der Waals surface area contributed by atoms with Crippen molar-refractivity contribution in [2.24, 2.45) is 0 Å². The van der Waals surface area contributed by atoms with Crippen LogP contribution >= 0.6 is 0 Å². The summed E-state index contributed by atoms with van der Waals surface area (Å²) in [6, 6.07) is 2.89. The number of carbonyl (C=O) groups excluding carboxylic acids is 1. The summed E-state index contributed by atoms with van der Waals surface area (Å²) in [5, 5.41) is 19.6. The van der Waals surface area contributed by atoms with Gasteiger partial charge in [0.25, 0.3) is 0 Å². The molecule has 0 saturated heterocycles. The molecule has 1 rings (SSSR count). The van der Waals surface area contributed by atoms with Crippen LogP contribution in [0, 0.1) is 21.4 Å². The molecule has 0 aliphatic heterocycles. The first-order chi connectivity index (χ1) is 8.99. The third kappa shape index (κ3) is 3.64. The van der Waals surface area contributed by atoms with Crippen molar-refractivity contribution in [3.05, 3.63) is 27.9 Å². The normalized spacial score (nSPS) is 9.53. The summed E-state index contributed by atoms with van der Waals surface area (Å²) in [4.78, 5) is 26.7. The Labute approximate surface area is 109 Å². The van der Waals surface area contributed by atoms with Crippen molar-refractivity contribution in [1.29, 1.82) is 5.26 Å². The number of esters is 1. The van der Waals surface area contributed by atoms with Gasteiger partial charge in [-0.2, -0.15) is 5.26 Å². The van der Waals surface area contributed by atoms with Gasteiger partial charge in [-0.3, -0.25) is 14.9 Å². The summed E-state index contributed by atoms with van der Waals surface area (Å²) in [6.07, 6.45) is 1.21. The minimum atomic E-state index is -0.648. The minimum absolute atomic E-state index is 0.0112. The Morgan fingerprint density at radius 2 is 2.37 bits per heavy atom. The molecule has 0 fully saturated rings. The van der Waals surface area contributed by atoms with Gasteiger partial charge in [0.15, 0.2) is 0 Å². The molecule has 0 atom stereocenters. The van der Waals surface area contributed by atoms with Gasteiger partial charge < -0.3 is 9.64 Å². The van der Waals surface area contributed by atoms with E-state index in [2.05, 4.69) is 4.98 Å². The van der Waals surface area contributed by atoms with Crippen LogP contribution in [0.5, 0.6) is 0 Å². The fourth-order valence-corrected chi connectivity index (χ4v) is 1.41. The lowest BCUT2D eigenvalue weighted by Crippen LogP contribution is -2.28. The van der Waals surface area contributed by atoms with Crippen LogP contribution in [0.25, 0.3) is 0 Å². The molecule has 0 aliphatic rings. The molecule has 0 aromatic carbocycles. The lowest BCUT2D eigenvalue weighted by atomic mass is 10.2. The molecule has 0 N–H and O–H groups in total. The number of nitriles is 1. The van der Waals surface area contributed by atoms with Crippen molar-refractivity contribution in [2.45, 2.75) is 6.92 Å². The number of likely N-dealkylation sites (N-methyl/N-ethyl adjacent to an activating group) is 1. The molecule has 8 heteroatoms. The van der Waals surface area contributed by atoms with Crippen molar-refractivity contribution >= 4 is 17.5 Å². The zero-order valence-corrected chi connectivity index (χ0v) is 10.5. The van der Waals surface area contributed by atoms with E-state index in [0.29, 0.717) is 0 Å². The van der Waals surface area contributed by atoms with Gasteiger partial charge in [-0.25, -0.2) is 4.98 Å². The Balaban J connectivity index is 3.02. The second-order valence-corrected chi connectivity index (χ2v) is 3.60. The van der Waals surface area contributed by atoms with Crippen LogP contribution in [0.2, 0.25) is 0 Å². The number of rotatable bonds is 5. The summed E-state index contributed by atoms with van der Waals surface area (Å²) in [7, 11) is 1.48. The van der Waals surface area contributed by atoms with Crippen LogP contribution in [-0.4, -0.2) is 36.1 Å². The van der Waals surface area contributed by atoms with Gasteiger partial charge in [-0.15, -0.1) is 0 Å². The minimum Gasteiger partial charge on any atom is -0.465 e. The number of nitro groups is 1. The zero-order chi connectivity index (χ0) is 14.4. The Morgan fingerprint density at radius 3 is 2.89 bits per heavy atom. The van der Waals surface area contributed by atoms with Crippen molar-refractivity contribution in [2.75, 3.05) is 25.1 Å². The van der Waals surface area contributed by atoms with Gasteiger partial charge >= 0.3 is 11.7 Å². The molecule has 1 aromatic rings. The van der Waals surface area contributed by atoms with Gasteiger partial charge in [-0.05, 0) is 6.92 Å². The van der Waals surface area contributed by atoms with Gasteiger partial charge in [0.2, 0.25) is 5.82 Å². The maximum absolute atomic E-state index is 11.3. The summed E-state index contributed by atoms with van der Waals surface area (Å²) in [6.45, 7) is 1.74. The van der Waals surface area contributed by atoms with E-state index in [-0.39, 0.29) is 30.2 Å². The van der Waals surface area contributed by atoms with E-state index < -0.39 is 10.9 Å². The van der Waals surface area contributed by atoms with Crippen molar-refractivity contribution in [3.63, 3.8) is 0 Å². The molecule has 0 spiro atoms. The summed E-state index contributed by atoms with van der Waals surface area (Å²) in [5.74, 6) is -0.498. The predicted octanol–water partition coefficient (Wildman–Crippen LogP) is 0.861. The molecule has 0 bridgehead atoms. The number of ether oxygens (including phenoxy) is 1. The van der Waals surface area contributed by atoms with Gasteiger partial charge in [0, 0.05) is 19.3 Å². The predicted molar refractivity (Wildman–Crippen MR) is 65.5 cm³/mol. The summed E-state index contributed by atoms with van der Waals surface area (Å²) < 4.78 is 4.75. The van der Waals surface area contributed by atoms with Gasteiger partial charge in [-0.1, -0.05) is 0 Å². The number of aromatic nitrogens is 1. The Morgan fingerprint density at radius 1 is 1.68 bits per heavy atom. The summed E-state index contributed by atoms with van der Waals surface area (Å²) in [5.41, 5.74) is -0.245. The van der Waals surface area contributed by atoms with Crippen LogP contribution in [0.1, 0.15) is 12.5 Å². The number of hydrogen-bond acceptors (Lipinski definition) is 7. The topological polar surface area (TPSA) is 109 Å². The molecule has 19 heavy (non-hydrogen) atoms. The average Bonchev–Trinajstić information content (AvgIpc) is 2.38. The monoisotopic (exact) mass is 264 g/mol. The first-order valence-electron chi connectivity index (χ1n) is 5.40. The molecule has 1 heterocycles. The number of nitrogens with zero attached hydrogens (tertiary/aromatic N) is 4. The standard InChI is InChI=1S/C11H12N4O4/c1-3-19-10(16)7-14(2)11-9(15(17)18)4-8(5-12)6-13-11/h4,6H,3,7H2,1-2H3. The number of pyridine rings is 1.